The van der Waals surface area contributed by atoms with Crippen molar-refractivity contribution in [2.45, 2.75) is 18.3 Å². The van der Waals surface area contributed by atoms with E-state index in [4.69, 9.17) is 20.9 Å². The average Bonchev–Trinajstić information content (AvgIpc) is 3.28. The van der Waals surface area contributed by atoms with Gasteiger partial charge >= 0.3 is 6.18 Å². The molecular formula is C23H18ClF3N4O5. The van der Waals surface area contributed by atoms with E-state index < -0.39 is 41.6 Å². The molecule has 4 heterocycles. The molecule has 2 aromatic heterocycles. The highest BCUT2D eigenvalue weighted by atomic mass is 35.5. The van der Waals surface area contributed by atoms with Crippen LogP contribution in [0.2, 0.25) is 5.02 Å². The third-order valence-corrected chi connectivity index (χ3v) is 6.51. The van der Waals surface area contributed by atoms with E-state index in [1.165, 1.54) is 18.4 Å². The molecule has 0 unspecified atom stereocenters. The summed E-state index contributed by atoms with van der Waals surface area (Å²) in [4.78, 5) is 49.6. The van der Waals surface area contributed by atoms with Crippen molar-refractivity contribution in [2.75, 3.05) is 25.5 Å². The molecule has 13 heteroatoms. The summed E-state index contributed by atoms with van der Waals surface area (Å²) in [6.07, 6.45) is -3.80. The number of rotatable bonds is 5. The Balaban J connectivity index is 1.33. The molecular weight excluding hydrogens is 505 g/mol. The Morgan fingerprint density at radius 2 is 1.92 bits per heavy atom. The third kappa shape index (κ3) is 4.00. The predicted molar refractivity (Wildman–Crippen MR) is 121 cm³/mol. The van der Waals surface area contributed by atoms with Gasteiger partial charge in [-0.25, -0.2) is 4.98 Å². The number of hydrogen-bond acceptors (Lipinski definition) is 8. The van der Waals surface area contributed by atoms with Gasteiger partial charge in [-0.3, -0.25) is 24.1 Å². The number of hydroxylamine groups is 2. The van der Waals surface area contributed by atoms with Crippen molar-refractivity contribution >= 4 is 40.2 Å². The number of halogens is 4. The van der Waals surface area contributed by atoms with Crippen molar-refractivity contribution < 1.29 is 32.0 Å². The highest BCUT2D eigenvalue weighted by Crippen LogP contribution is 2.43. The van der Waals surface area contributed by atoms with Gasteiger partial charge in [0.25, 0.3) is 5.91 Å². The van der Waals surface area contributed by atoms with Crippen LogP contribution in [0.15, 0.2) is 52.0 Å². The number of aromatic nitrogens is 1. The van der Waals surface area contributed by atoms with Crippen LogP contribution in [0.4, 0.5) is 19.0 Å². The molecule has 2 saturated heterocycles. The summed E-state index contributed by atoms with van der Waals surface area (Å²) in [5.41, 5.74) is -0.755. The second-order valence-electron chi connectivity index (χ2n) is 8.37. The molecule has 1 aromatic carbocycles. The largest absolute Gasteiger partial charge is 0.464 e. The van der Waals surface area contributed by atoms with Crippen molar-refractivity contribution in [1.82, 2.24) is 14.9 Å². The number of carbonyl (C=O) groups excluding carboxylic acids is 2. The maximum atomic E-state index is 13.2. The monoisotopic (exact) mass is 522 g/mol. The lowest BCUT2D eigenvalue weighted by Gasteiger charge is -2.23. The smallest absolute Gasteiger partial charge is 0.417 e. The van der Waals surface area contributed by atoms with Gasteiger partial charge in [-0.15, -0.1) is 0 Å². The van der Waals surface area contributed by atoms with Crippen LogP contribution in [0.1, 0.15) is 17.2 Å². The van der Waals surface area contributed by atoms with Crippen molar-refractivity contribution in [3.05, 3.63) is 69.2 Å². The Hall–Kier alpha value is -3.48. The van der Waals surface area contributed by atoms with Gasteiger partial charge in [0.05, 0.1) is 39.8 Å². The van der Waals surface area contributed by atoms with Crippen molar-refractivity contribution in [3.8, 4) is 0 Å². The molecule has 5 rings (SSSR count). The number of likely N-dealkylation sites (tertiary alicyclic amines) is 1. The maximum absolute atomic E-state index is 13.2. The summed E-state index contributed by atoms with van der Waals surface area (Å²) in [5.74, 6) is -2.12. The van der Waals surface area contributed by atoms with Crippen LogP contribution in [0, 0.1) is 5.92 Å². The van der Waals surface area contributed by atoms with E-state index in [-0.39, 0.29) is 34.9 Å². The van der Waals surface area contributed by atoms with Gasteiger partial charge < -0.3 is 9.73 Å². The summed E-state index contributed by atoms with van der Waals surface area (Å²) >= 11 is 5.89. The first-order valence-electron chi connectivity index (χ1n) is 10.8. The van der Waals surface area contributed by atoms with Gasteiger partial charge in [-0.1, -0.05) is 23.7 Å². The number of benzene rings is 1. The zero-order valence-corrected chi connectivity index (χ0v) is 19.3. The van der Waals surface area contributed by atoms with Crippen molar-refractivity contribution in [1.29, 1.82) is 0 Å². The summed E-state index contributed by atoms with van der Waals surface area (Å²) in [7, 11) is 1.53. The first kappa shape index (κ1) is 24.2. The van der Waals surface area contributed by atoms with Crippen LogP contribution in [-0.4, -0.2) is 53.0 Å². The van der Waals surface area contributed by atoms with E-state index in [2.05, 4.69) is 10.3 Å². The lowest BCUT2D eigenvalue weighted by atomic mass is 9.91. The molecule has 0 spiro atoms. The first-order chi connectivity index (χ1) is 17.1. The number of fused-ring (bicyclic) bond motifs is 2. The minimum atomic E-state index is -4.59. The van der Waals surface area contributed by atoms with Gasteiger partial charge in [0, 0.05) is 26.3 Å². The number of pyridine rings is 1. The number of nitrogens with zero attached hydrogens (tertiary/aromatic N) is 3. The van der Waals surface area contributed by atoms with Crippen LogP contribution in [0.5, 0.6) is 0 Å². The minimum absolute atomic E-state index is 0.0202. The second-order valence-corrected chi connectivity index (χ2v) is 8.77. The number of alkyl halides is 3. The van der Waals surface area contributed by atoms with Crippen LogP contribution >= 0.6 is 11.6 Å². The van der Waals surface area contributed by atoms with Crippen molar-refractivity contribution in [2.24, 2.45) is 5.92 Å². The van der Waals surface area contributed by atoms with E-state index in [0.29, 0.717) is 17.2 Å². The number of amides is 2. The summed E-state index contributed by atoms with van der Waals surface area (Å²) in [6, 6.07) is 6.56. The molecule has 3 atom stereocenters. The fourth-order valence-electron chi connectivity index (χ4n) is 4.52. The topological polar surface area (TPSA) is 105 Å². The van der Waals surface area contributed by atoms with Crippen molar-refractivity contribution in [3.63, 3.8) is 0 Å². The number of nitrogens with one attached hydrogen (secondary N) is 1. The second kappa shape index (κ2) is 8.87. The van der Waals surface area contributed by atoms with E-state index in [1.54, 1.807) is 24.3 Å². The van der Waals surface area contributed by atoms with Crippen LogP contribution < -0.4 is 10.7 Å². The zero-order valence-electron chi connectivity index (χ0n) is 18.6. The fourth-order valence-corrected chi connectivity index (χ4v) is 4.76. The number of carbonyl (C=O) groups is 2. The van der Waals surface area contributed by atoms with Gasteiger partial charge in [0.15, 0.2) is 11.5 Å². The lowest BCUT2D eigenvalue weighted by Crippen LogP contribution is -2.39. The van der Waals surface area contributed by atoms with E-state index in [1.807, 2.05) is 0 Å². The Morgan fingerprint density at radius 1 is 1.17 bits per heavy atom. The molecule has 3 aromatic rings. The Labute approximate surface area is 206 Å². The number of hydrogen-bond donors (Lipinski definition) is 1. The van der Waals surface area contributed by atoms with Gasteiger partial charge in [-0.2, -0.15) is 18.2 Å². The maximum Gasteiger partial charge on any atom is 0.417 e. The van der Waals surface area contributed by atoms with E-state index in [0.717, 1.165) is 11.0 Å². The normalized spacial score (nSPS) is 22.5. The Kier molecular flexibility index (Phi) is 5.97. The lowest BCUT2D eigenvalue weighted by molar-refractivity contribution is -0.169. The van der Waals surface area contributed by atoms with E-state index >= 15 is 0 Å². The fraction of sp³-hybridized carbons (Fsp3) is 0.304. The molecule has 2 amide bonds. The molecule has 9 nitrogen and oxygen atoms in total. The van der Waals surface area contributed by atoms with Gasteiger partial charge in [0.2, 0.25) is 5.91 Å². The standard InChI is InChI=1S/C23H18ClF3N4O5/c1-30-17(13-10-35-15-5-3-2-4-12(15)18(13)32)16-19(36-30)22(34)31(21(16)33)7-6-28-20-14(24)8-11(9-29-20)23(25,26)27/h2-5,8-10,16-17,19H,6-7H2,1H3,(H,28,29)/t16-,17+,19-/m1/s1. The first-order valence-corrected chi connectivity index (χ1v) is 11.2. The third-order valence-electron chi connectivity index (χ3n) is 6.22. The molecule has 0 aliphatic carbocycles. The van der Waals surface area contributed by atoms with Crippen LogP contribution in [0.25, 0.3) is 11.0 Å². The Morgan fingerprint density at radius 3 is 2.64 bits per heavy atom. The van der Waals surface area contributed by atoms with Gasteiger partial charge in [0.1, 0.15) is 11.4 Å². The van der Waals surface area contributed by atoms with Crippen LogP contribution in [0.3, 0.4) is 0 Å². The molecule has 0 bridgehead atoms. The molecule has 0 radical (unpaired) electrons. The predicted octanol–water partition coefficient (Wildman–Crippen LogP) is 3.24. The summed E-state index contributed by atoms with van der Waals surface area (Å²) in [5, 5.41) is 4.13. The Bertz CT molecular complexity index is 1430. The summed E-state index contributed by atoms with van der Waals surface area (Å²) < 4.78 is 44.0. The highest BCUT2D eigenvalue weighted by Gasteiger charge is 2.59. The number of imide groups is 1. The molecule has 2 aliphatic heterocycles. The highest BCUT2D eigenvalue weighted by molar-refractivity contribution is 6.33. The molecule has 0 saturated carbocycles. The molecule has 36 heavy (non-hydrogen) atoms. The zero-order chi connectivity index (χ0) is 25.8. The quantitative estimate of drug-likeness (QED) is 0.509. The number of para-hydroxylation sites is 1. The molecule has 2 fully saturated rings. The van der Waals surface area contributed by atoms with Crippen LogP contribution in [-0.2, 0) is 20.6 Å². The minimum Gasteiger partial charge on any atom is -0.464 e. The average molecular weight is 523 g/mol. The molecule has 188 valence electrons. The molecule has 2 aliphatic rings. The molecule has 1 N–H and O–H groups in total. The van der Waals surface area contributed by atoms with E-state index in [9.17, 15) is 27.6 Å². The van der Waals surface area contributed by atoms with Gasteiger partial charge in [-0.05, 0) is 18.2 Å². The number of anilines is 1. The SMILES string of the molecule is CN1O[C@H]2C(=O)N(CCNc3ncc(C(F)(F)F)cc3Cl)C(=O)[C@@H]2[C@@H]1c1coc2ccccc2c1=O. The summed E-state index contributed by atoms with van der Waals surface area (Å²) in [6.45, 7) is -0.135.